The molecular weight excluding hydrogens is 436 g/mol. The number of carbonyl (C=O) groups is 1. The molecule has 0 fully saturated rings. The topological polar surface area (TPSA) is 79.2 Å². The highest BCUT2D eigenvalue weighted by Gasteiger charge is 2.44. The zero-order valence-corrected chi connectivity index (χ0v) is 19.6. The Morgan fingerprint density at radius 3 is 2.88 bits per heavy atom. The van der Waals surface area contributed by atoms with Gasteiger partial charge in [0.15, 0.2) is 0 Å². The Balaban J connectivity index is 1.93. The highest BCUT2D eigenvalue weighted by atomic mass is 32.2. The number of thioether (sulfide) groups is 1. The molecule has 2 heterocycles. The van der Waals surface area contributed by atoms with Crippen LogP contribution < -0.4 is 19.9 Å². The molecule has 4 rings (SSSR count). The van der Waals surface area contributed by atoms with Crippen LogP contribution in [0.5, 0.6) is 5.75 Å². The Bertz CT molecular complexity index is 1240. The fraction of sp³-hybridized carbons (Fsp3) is 0.280. The maximum absolute atomic E-state index is 13.3. The van der Waals surface area contributed by atoms with Crippen molar-refractivity contribution in [2.24, 2.45) is 0 Å². The van der Waals surface area contributed by atoms with Crippen molar-refractivity contribution < 1.29 is 14.2 Å². The molecule has 8 heteroatoms. The van der Waals surface area contributed by atoms with Gasteiger partial charge in [0, 0.05) is 23.3 Å². The van der Waals surface area contributed by atoms with Crippen LogP contribution in [0, 0.1) is 0 Å². The third-order valence-electron chi connectivity index (χ3n) is 5.36. The number of nitrogens with zero attached hydrogens (tertiary/aromatic N) is 3. The molecule has 0 saturated heterocycles. The average molecular weight is 464 g/mol. The second kappa shape index (κ2) is 10.0. The number of unbranched alkanes of at least 4 members (excludes halogenated alkanes) is 1. The maximum Gasteiger partial charge on any atom is 0.325 e. The second-order valence-corrected chi connectivity index (χ2v) is 8.79. The van der Waals surface area contributed by atoms with E-state index >= 15 is 0 Å². The molecule has 0 unspecified atom stereocenters. The van der Waals surface area contributed by atoms with E-state index in [0.29, 0.717) is 34.5 Å². The summed E-state index contributed by atoms with van der Waals surface area (Å²) < 4.78 is 7.40. The highest BCUT2D eigenvalue weighted by Crippen LogP contribution is 2.37. The summed E-state index contributed by atoms with van der Waals surface area (Å²) in [7, 11) is 0. The van der Waals surface area contributed by atoms with Gasteiger partial charge in [-0.2, -0.15) is 0 Å². The average Bonchev–Trinajstić information content (AvgIpc) is 2.81. The van der Waals surface area contributed by atoms with E-state index in [1.807, 2.05) is 48.5 Å². The van der Waals surface area contributed by atoms with Crippen LogP contribution >= 0.6 is 11.8 Å². The number of para-hydroxylation sites is 1. The SMILES string of the molecule is C=CCOc1cccc([C@@H]2N(C(C)=O)c3ccccc3-c3c(=O)[nH]c(SCCCC)n[n+]32)c1. The van der Waals surface area contributed by atoms with Gasteiger partial charge in [-0.1, -0.05) is 56.0 Å². The largest absolute Gasteiger partial charge is 0.490 e. The molecule has 0 aliphatic carbocycles. The number of nitrogens with one attached hydrogen (secondary N) is 1. The molecule has 33 heavy (non-hydrogen) atoms. The predicted octanol–water partition coefficient (Wildman–Crippen LogP) is 4.09. The van der Waals surface area contributed by atoms with Crippen LogP contribution in [-0.4, -0.2) is 28.3 Å². The Labute approximate surface area is 197 Å². The van der Waals surface area contributed by atoms with Crippen molar-refractivity contribution in [3.8, 4) is 17.0 Å². The number of aromatic nitrogens is 3. The standard InChI is InChI=1S/C25H26N4O3S/c1-4-6-15-33-25-26-23(31)22-20-12-7-8-13-21(20)28(17(3)30)24(29(22)27-25)18-10-9-11-19(16-18)32-14-5-2/h5,7-13,16,24H,2,4,6,14-15H2,1,3H3/p+1/t24-/m1/s1. The van der Waals surface area contributed by atoms with Gasteiger partial charge in [0.1, 0.15) is 12.4 Å². The van der Waals surface area contributed by atoms with Crippen LogP contribution in [0.25, 0.3) is 11.3 Å². The van der Waals surface area contributed by atoms with Gasteiger partial charge in [-0.05, 0) is 41.4 Å². The Morgan fingerprint density at radius 2 is 2.12 bits per heavy atom. The number of aromatic amines is 1. The number of anilines is 1. The minimum atomic E-state index is -0.632. The molecule has 1 atom stereocenters. The summed E-state index contributed by atoms with van der Waals surface area (Å²) in [6.07, 6.45) is 3.12. The first-order valence-corrected chi connectivity index (χ1v) is 12.0. The van der Waals surface area contributed by atoms with Gasteiger partial charge in [-0.3, -0.25) is 14.6 Å². The third-order valence-corrected chi connectivity index (χ3v) is 6.31. The van der Waals surface area contributed by atoms with Crippen molar-refractivity contribution in [1.82, 2.24) is 10.1 Å². The Kier molecular flexibility index (Phi) is 6.93. The minimum Gasteiger partial charge on any atom is -0.490 e. The molecule has 3 aromatic rings. The molecule has 1 amide bonds. The fourth-order valence-electron chi connectivity index (χ4n) is 3.91. The molecule has 0 bridgehead atoms. The molecule has 0 spiro atoms. The van der Waals surface area contributed by atoms with Crippen LogP contribution in [0.15, 0.2) is 71.1 Å². The van der Waals surface area contributed by atoms with Gasteiger partial charge in [0.05, 0.1) is 11.3 Å². The number of ether oxygens (including phenoxy) is 1. The molecule has 1 aliphatic rings. The molecule has 1 aromatic heterocycles. The van der Waals surface area contributed by atoms with Crippen molar-refractivity contribution >= 4 is 23.4 Å². The van der Waals surface area contributed by atoms with E-state index in [2.05, 4.69) is 18.5 Å². The van der Waals surface area contributed by atoms with Crippen molar-refractivity contribution in [3.05, 3.63) is 77.1 Å². The first-order valence-electron chi connectivity index (χ1n) is 11.0. The van der Waals surface area contributed by atoms with Gasteiger partial charge in [-0.25, -0.2) is 4.90 Å². The number of carbonyl (C=O) groups excluding carboxylic acids is 1. The Hall–Kier alpha value is -3.39. The lowest BCUT2D eigenvalue weighted by molar-refractivity contribution is -0.763. The van der Waals surface area contributed by atoms with E-state index < -0.39 is 6.17 Å². The number of fused-ring (bicyclic) bond motifs is 3. The molecule has 0 radical (unpaired) electrons. The summed E-state index contributed by atoms with van der Waals surface area (Å²) in [5, 5.41) is 5.33. The summed E-state index contributed by atoms with van der Waals surface area (Å²) in [5.41, 5.74) is 2.32. The van der Waals surface area contributed by atoms with Gasteiger partial charge in [0.2, 0.25) is 11.1 Å². The molecule has 0 saturated carbocycles. The van der Waals surface area contributed by atoms with Crippen molar-refractivity contribution in [2.45, 2.75) is 38.0 Å². The molecule has 1 aliphatic heterocycles. The van der Waals surface area contributed by atoms with E-state index in [1.165, 1.54) is 18.7 Å². The van der Waals surface area contributed by atoms with E-state index in [-0.39, 0.29) is 11.5 Å². The lowest BCUT2D eigenvalue weighted by Gasteiger charge is -2.31. The molecule has 7 nitrogen and oxygen atoms in total. The monoisotopic (exact) mass is 463 g/mol. The summed E-state index contributed by atoms with van der Waals surface area (Å²) in [4.78, 5) is 30.8. The summed E-state index contributed by atoms with van der Waals surface area (Å²) in [6, 6.07) is 14.9. The van der Waals surface area contributed by atoms with Crippen molar-refractivity contribution in [3.63, 3.8) is 0 Å². The van der Waals surface area contributed by atoms with E-state index in [4.69, 9.17) is 9.84 Å². The first kappa shape index (κ1) is 22.8. The highest BCUT2D eigenvalue weighted by molar-refractivity contribution is 7.99. The van der Waals surface area contributed by atoms with Crippen LogP contribution in [0.3, 0.4) is 0 Å². The van der Waals surface area contributed by atoms with Gasteiger partial charge < -0.3 is 4.74 Å². The van der Waals surface area contributed by atoms with Gasteiger partial charge in [-0.15, -0.1) is 0 Å². The van der Waals surface area contributed by atoms with Crippen LogP contribution in [0.2, 0.25) is 0 Å². The lowest BCUT2D eigenvalue weighted by Crippen LogP contribution is -2.60. The molecule has 1 N–H and O–H groups in total. The number of hydrogen-bond acceptors (Lipinski definition) is 5. The quantitative estimate of drug-likeness (QED) is 0.236. The van der Waals surface area contributed by atoms with E-state index in [9.17, 15) is 9.59 Å². The zero-order valence-electron chi connectivity index (χ0n) is 18.8. The number of benzene rings is 2. The fourth-order valence-corrected chi connectivity index (χ4v) is 4.85. The molecule has 2 aromatic carbocycles. The summed E-state index contributed by atoms with van der Waals surface area (Å²) in [5.74, 6) is 1.35. The first-order chi connectivity index (χ1) is 16.0. The van der Waals surface area contributed by atoms with E-state index in [0.717, 1.165) is 24.2 Å². The maximum atomic E-state index is 13.3. The van der Waals surface area contributed by atoms with Crippen molar-refractivity contribution in [2.75, 3.05) is 17.3 Å². The smallest absolute Gasteiger partial charge is 0.325 e. The summed E-state index contributed by atoms with van der Waals surface area (Å²) in [6.45, 7) is 7.71. The van der Waals surface area contributed by atoms with Gasteiger partial charge in [0.25, 0.3) is 6.17 Å². The van der Waals surface area contributed by atoms with E-state index in [1.54, 1.807) is 15.7 Å². The second-order valence-electron chi connectivity index (χ2n) is 7.71. The number of amides is 1. The number of H-pyrrole nitrogens is 1. The van der Waals surface area contributed by atoms with Crippen LogP contribution in [0.4, 0.5) is 5.69 Å². The molecule has 170 valence electrons. The Morgan fingerprint density at radius 1 is 1.30 bits per heavy atom. The summed E-state index contributed by atoms with van der Waals surface area (Å²) >= 11 is 1.51. The normalized spacial score (nSPS) is 14.4. The zero-order chi connectivity index (χ0) is 23.4. The predicted molar refractivity (Wildman–Crippen MR) is 130 cm³/mol. The minimum absolute atomic E-state index is 0.148. The van der Waals surface area contributed by atoms with Crippen molar-refractivity contribution in [1.29, 1.82) is 0 Å². The lowest BCUT2D eigenvalue weighted by atomic mass is 10.0. The number of rotatable bonds is 8. The van der Waals surface area contributed by atoms with Gasteiger partial charge >= 0.3 is 11.3 Å². The van der Waals surface area contributed by atoms with Crippen LogP contribution in [0.1, 0.15) is 38.4 Å². The molecular formula is C25H27N4O3S+. The van der Waals surface area contributed by atoms with Crippen LogP contribution in [-0.2, 0) is 4.79 Å². The third kappa shape index (κ3) is 4.57. The number of hydrogen-bond donors (Lipinski definition) is 1.